The number of hydrogen-bond donors (Lipinski definition) is 0. The van der Waals surface area contributed by atoms with Crippen LogP contribution in [0.2, 0.25) is 0 Å². The predicted octanol–water partition coefficient (Wildman–Crippen LogP) is 15.5. The molecule has 5 nitrogen and oxygen atoms in total. The second kappa shape index (κ2) is 17.8. The molecule has 0 aliphatic carbocycles. The monoisotopic (exact) mass is 864 g/mol. The first-order valence-electron chi connectivity index (χ1n) is 20.5. The SMILES string of the molecule is O=S(=O)(Oc1ccc(-c2ccc(N(c3ccccc3)c3ccc(-c4ccc(N(c5ccc(-c6ccccc6)cc5)c5ccc(-c6ccccc6)cc5)cc4)cc3)cc2)cc1)C(F)(F)F. The molecule has 9 aromatic carbocycles. The molecule has 0 bridgehead atoms. The van der Waals surface area contributed by atoms with Gasteiger partial charge in [0, 0.05) is 34.1 Å². The minimum absolute atomic E-state index is 0.427. The summed E-state index contributed by atoms with van der Waals surface area (Å²) in [7, 11) is -5.76. The molecule has 0 radical (unpaired) electrons. The van der Waals surface area contributed by atoms with E-state index in [-0.39, 0.29) is 0 Å². The summed E-state index contributed by atoms with van der Waals surface area (Å²) in [5.74, 6) is -0.427. The van der Waals surface area contributed by atoms with Crippen LogP contribution in [-0.2, 0) is 10.1 Å². The van der Waals surface area contributed by atoms with Crippen LogP contribution in [-0.4, -0.2) is 13.9 Å². The summed E-state index contributed by atoms with van der Waals surface area (Å²) in [5.41, 5.74) is 8.59. The number of anilines is 6. The molecule has 9 heteroatoms. The first-order valence-corrected chi connectivity index (χ1v) is 21.9. The minimum atomic E-state index is -5.76. The quantitative estimate of drug-likeness (QED) is 0.0904. The molecule has 0 unspecified atom stereocenters. The average Bonchev–Trinajstić information content (AvgIpc) is 3.34. The standard InChI is InChI=1S/C55H39F3N2O3S/c56-55(57,58)64(61,62)63-54-38-26-47(27-39-54)46-24-34-50(35-25-46)59(48-14-8-3-9-15-48)49-32-20-44(21-33-49)45-22-36-53(37-23-45)60(51-28-16-42(17-29-51)40-10-4-1-5-11-40)52-30-18-43(19-31-52)41-12-6-2-7-13-41/h1-39H. The number of rotatable bonds is 12. The van der Waals surface area contributed by atoms with Crippen LogP contribution in [0.3, 0.4) is 0 Å². The summed E-state index contributed by atoms with van der Waals surface area (Å²) >= 11 is 0. The van der Waals surface area contributed by atoms with Gasteiger partial charge in [-0.25, -0.2) is 0 Å². The van der Waals surface area contributed by atoms with Crippen molar-refractivity contribution in [2.75, 3.05) is 9.80 Å². The van der Waals surface area contributed by atoms with Crippen LogP contribution in [0.1, 0.15) is 0 Å². The molecule has 0 atom stereocenters. The Balaban J connectivity index is 0.974. The fraction of sp³-hybridized carbons (Fsp3) is 0.0182. The number of alkyl halides is 3. The van der Waals surface area contributed by atoms with Crippen molar-refractivity contribution in [3.63, 3.8) is 0 Å². The zero-order chi connectivity index (χ0) is 44.1. The van der Waals surface area contributed by atoms with Gasteiger partial charge in [-0.2, -0.15) is 21.6 Å². The van der Waals surface area contributed by atoms with Gasteiger partial charge in [-0.3, -0.25) is 0 Å². The van der Waals surface area contributed by atoms with Crippen LogP contribution in [0.15, 0.2) is 237 Å². The maximum Gasteiger partial charge on any atom is 0.534 e. The van der Waals surface area contributed by atoms with Crippen molar-refractivity contribution < 1.29 is 25.8 Å². The van der Waals surface area contributed by atoms with E-state index in [0.29, 0.717) is 5.56 Å². The smallest absolute Gasteiger partial charge is 0.376 e. The minimum Gasteiger partial charge on any atom is -0.376 e. The topological polar surface area (TPSA) is 49.9 Å². The normalized spacial score (nSPS) is 11.5. The largest absolute Gasteiger partial charge is 0.534 e. The van der Waals surface area contributed by atoms with Gasteiger partial charge in [-0.1, -0.05) is 152 Å². The van der Waals surface area contributed by atoms with E-state index < -0.39 is 21.4 Å². The van der Waals surface area contributed by atoms with Crippen LogP contribution in [0.5, 0.6) is 5.75 Å². The van der Waals surface area contributed by atoms with Crippen molar-refractivity contribution >= 4 is 44.2 Å². The first-order chi connectivity index (χ1) is 31.1. The van der Waals surface area contributed by atoms with E-state index in [1.807, 2.05) is 66.7 Å². The Morgan fingerprint density at radius 1 is 0.297 bits per heavy atom. The number of benzene rings is 9. The van der Waals surface area contributed by atoms with Crippen LogP contribution in [0.25, 0.3) is 44.5 Å². The van der Waals surface area contributed by atoms with E-state index in [1.54, 1.807) is 0 Å². The van der Waals surface area contributed by atoms with Gasteiger partial charge < -0.3 is 14.0 Å². The maximum absolute atomic E-state index is 12.8. The third-order valence-electron chi connectivity index (χ3n) is 10.9. The van der Waals surface area contributed by atoms with Crippen LogP contribution < -0.4 is 14.0 Å². The highest BCUT2D eigenvalue weighted by Crippen LogP contribution is 2.40. The van der Waals surface area contributed by atoms with E-state index >= 15 is 0 Å². The lowest BCUT2D eigenvalue weighted by atomic mass is 10.0. The highest BCUT2D eigenvalue weighted by molar-refractivity contribution is 7.88. The van der Waals surface area contributed by atoms with Crippen molar-refractivity contribution in [3.05, 3.63) is 237 Å². The second-order valence-electron chi connectivity index (χ2n) is 15.0. The Hall–Kier alpha value is -7.88. The van der Waals surface area contributed by atoms with Gasteiger partial charge in [-0.15, -0.1) is 0 Å². The molecule has 0 spiro atoms. The fourth-order valence-electron chi connectivity index (χ4n) is 7.62. The summed E-state index contributed by atoms with van der Waals surface area (Å²) < 4.78 is 65.6. The molecule has 314 valence electrons. The Kier molecular flexibility index (Phi) is 11.6. The van der Waals surface area contributed by atoms with Crippen LogP contribution in [0, 0.1) is 0 Å². The highest BCUT2D eigenvalue weighted by Gasteiger charge is 2.48. The van der Waals surface area contributed by atoms with E-state index in [0.717, 1.165) is 61.9 Å². The van der Waals surface area contributed by atoms with Crippen molar-refractivity contribution in [1.29, 1.82) is 0 Å². The molecule has 0 saturated heterocycles. The molecule has 0 saturated carbocycles. The molecule has 64 heavy (non-hydrogen) atoms. The number of para-hydroxylation sites is 1. The second-order valence-corrected chi connectivity index (χ2v) is 16.5. The Labute approximate surface area is 370 Å². The van der Waals surface area contributed by atoms with Gasteiger partial charge in [0.25, 0.3) is 0 Å². The predicted molar refractivity (Wildman–Crippen MR) is 253 cm³/mol. The third-order valence-corrected chi connectivity index (χ3v) is 11.8. The zero-order valence-corrected chi connectivity index (χ0v) is 35.0. The van der Waals surface area contributed by atoms with Gasteiger partial charge >= 0.3 is 15.6 Å². The lowest BCUT2D eigenvalue weighted by Crippen LogP contribution is -2.28. The number of halogens is 3. The van der Waals surface area contributed by atoms with Crippen molar-refractivity contribution in [2.24, 2.45) is 0 Å². The summed E-state index contributed by atoms with van der Waals surface area (Å²) in [6, 6.07) is 78.2. The number of nitrogens with zero attached hydrogens (tertiary/aromatic N) is 2. The van der Waals surface area contributed by atoms with Gasteiger partial charge in [0.05, 0.1) is 0 Å². The van der Waals surface area contributed by atoms with E-state index in [9.17, 15) is 21.6 Å². The number of hydrogen-bond acceptors (Lipinski definition) is 5. The van der Waals surface area contributed by atoms with Crippen molar-refractivity contribution in [2.45, 2.75) is 5.51 Å². The molecule has 0 aromatic heterocycles. The molecule has 0 aliphatic rings. The summed E-state index contributed by atoms with van der Waals surface area (Å²) in [6.07, 6.45) is 0. The molecule has 0 N–H and O–H groups in total. The summed E-state index contributed by atoms with van der Waals surface area (Å²) in [5, 5.41) is 0. The molecule has 0 heterocycles. The first kappa shape index (κ1) is 41.5. The summed E-state index contributed by atoms with van der Waals surface area (Å²) in [6.45, 7) is 0. The molecule has 0 fully saturated rings. The lowest BCUT2D eigenvalue weighted by Gasteiger charge is -2.26. The van der Waals surface area contributed by atoms with Crippen molar-refractivity contribution in [1.82, 2.24) is 0 Å². The van der Waals surface area contributed by atoms with Crippen LogP contribution >= 0.6 is 0 Å². The van der Waals surface area contributed by atoms with Crippen molar-refractivity contribution in [3.8, 4) is 50.3 Å². The maximum atomic E-state index is 12.8. The lowest BCUT2D eigenvalue weighted by molar-refractivity contribution is -0.0500. The molecule has 0 amide bonds. The molecule has 9 rings (SSSR count). The van der Waals surface area contributed by atoms with Gasteiger partial charge in [0.2, 0.25) is 0 Å². The van der Waals surface area contributed by atoms with Gasteiger partial charge in [-0.05, 0) is 129 Å². The third kappa shape index (κ3) is 9.02. The van der Waals surface area contributed by atoms with Crippen LogP contribution in [0.4, 0.5) is 47.3 Å². The Morgan fingerprint density at radius 2 is 0.516 bits per heavy atom. The molecular formula is C55H39F3N2O3S. The zero-order valence-electron chi connectivity index (χ0n) is 34.2. The average molecular weight is 865 g/mol. The highest BCUT2D eigenvalue weighted by atomic mass is 32.2. The Morgan fingerprint density at radius 3 is 0.781 bits per heavy atom. The van der Waals surface area contributed by atoms with E-state index in [4.69, 9.17) is 0 Å². The molecular weight excluding hydrogens is 826 g/mol. The van der Waals surface area contributed by atoms with Gasteiger partial charge in [0.15, 0.2) is 0 Å². The summed E-state index contributed by atoms with van der Waals surface area (Å²) in [4.78, 5) is 4.41. The molecule has 9 aromatic rings. The fourth-order valence-corrected chi connectivity index (χ4v) is 8.08. The van der Waals surface area contributed by atoms with E-state index in [1.165, 1.54) is 35.4 Å². The van der Waals surface area contributed by atoms with E-state index in [2.05, 4.69) is 160 Å². The van der Waals surface area contributed by atoms with Gasteiger partial charge in [0.1, 0.15) is 5.75 Å². The molecule has 0 aliphatic heterocycles. The Bertz CT molecular complexity index is 2980.